The van der Waals surface area contributed by atoms with E-state index in [0.29, 0.717) is 22.1 Å². The van der Waals surface area contributed by atoms with Crippen molar-refractivity contribution in [2.75, 3.05) is 55.4 Å². The molecule has 0 aliphatic heterocycles. The molecule has 0 aromatic rings. The van der Waals surface area contributed by atoms with Crippen LogP contribution in [0.1, 0.15) is 12.8 Å². The van der Waals surface area contributed by atoms with Crippen LogP contribution in [0.2, 0.25) is 0 Å². The Morgan fingerprint density at radius 3 is 1.09 bits per heavy atom. The quantitative estimate of drug-likeness (QED) is 0.314. The molecule has 0 bridgehead atoms. The zero-order valence-electron chi connectivity index (χ0n) is 15.0. The summed E-state index contributed by atoms with van der Waals surface area (Å²) in [6, 6.07) is 0. The van der Waals surface area contributed by atoms with E-state index in [1.54, 1.807) is 0 Å². The van der Waals surface area contributed by atoms with Gasteiger partial charge in [0.1, 0.15) is 0 Å². The molecule has 23 heavy (non-hydrogen) atoms. The SMILES string of the molecule is C[N+](C)(C)CC([O-])CC(=O)[O-].C[N+](C)(C)CC([O-])CC(=O)[O-].[Ca+2]. The first-order chi connectivity index (χ1) is 9.62. The molecule has 0 aliphatic carbocycles. The molecule has 132 valence electrons. The number of carboxylic acid groups (broad SMARTS) is 2. The van der Waals surface area contributed by atoms with Gasteiger partial charge in [0.2, 0.25) is 0 Å². The summed E-state index contributed by atoms with van der Waals surface area (Å²) in [7, 11) is 11.1. The summed E-state index contributed by atoms with van der Waals surface area (Å²) in [5.41, 5.74) is 0. The Morgan fingerprint density at radius 1 is 0.739 bits per heavy atom. The van der Waals surface area contributed by atoms with Crippen LogP contribution in [0.4, 0.5) is 0 Å². The Bertz CT molecular complexity index is 318. The number of likely N-dealkylation sites (N-methyl/N-ethyl adjacent to an activating group) is 2. The number of nitrogens with zero attached hydrogens (tertiary/aromatic N) is 2. The maximum atomic E-state index is 10.9. The van der Waals surface area contributed by atoms with Gasteiger partial charge in [-0.3, -0.25) is 0 Å². The van der Waals surface area contributed by atoms with Gasteiger partial charge in [0.25, 0.3) is 0 Å². The molecular formula is C14H28CaN2O6. The largest absolute Gasteiger partial charge is 2.00 e. The van der Waals surface area contributed by atoms with Crippen molar-refractivity contribution >= 4 is 49.7 Å². The van der Waals surface area contributed by atoms with E-state index in [1.807, 2.05) is 42.3 Å². The molecule has 0 radical (unpaired) electrons. The molecule has 0 heterocycles. The Hall–Kier alpha value is 0.0397. The minimum atomic E-state index is -1.27. The zero-order chi connectivity index (χ0) is 18.1. The summed E-state index contributed by atoms with van der Waals surface area (Å²) < 4.78 is 0.975. The van der Waals surface area contributed by atoms with E-state index in [-0.39, 0.29) is 37.7 Å². The van der Waals surface area contributed by atoms with Gasteiger partial charge in [0.05, 0.1) is 55.4 Å². The Balaban J connectivity index is -0.000000333. The third kappa shape index (κ3) is 27.2. The number of aliphatic carboxylic acids is 2. The van der Waals surface area contributed by atoms with Crippen LogP contribution >= 0.6 is 0 Å². The van der Waals surface area contributed by atoms with E-state index in [4.69, 9.17) is 0 Å². The molecule has 0 aromatic heterocycles. The average Bonchev–Trinajstić information content (AvgIpc) is 2.07. The van der Waals surface area contributed by atoms with Gasteiger partial charge in [-0.25, -0.2) is 0 Å². The van der Waals surface area contributed by atoms with Crippen LogP contribution in [-0.2, 0) is 9.59 Å². The van der Waals surface area contributed by atoms with Crippen molar-refractivity contribution < 1.29 is 39.0 Å². The fourth-order valence-electron chi connectivity index (χ4n) is 1.72. The number of rotatable bonds is 8. The molecule has 0 N–H and O–H groups in total. The van der Waals surface area contributed by atoms with Crippen LogP contribution in [0, 0.1) is 0 Å². The summed E-state index contributed by atoms with van der Waals surface area (Å²) in [6.07, 6.45) is -2.90. The van der Waals surface area contributed by atoms with Crippen LogP contribution in [0.25, 0.3) is 0 Å². The van der Waals surface area contributed by atoms with Crippen LogP contribution in [0.15, 0.2) is 0 Å². The number of hydrogen-bond donors (Lipinski definition) is 0. The van der Waals surface area contributed by atoms with Crippen molar-refractivity contribution in [2.24, 2.45) is 0 Å². The van der Waals surface area contributed by atoms with E-state index in [1.165, 1.54) is 0 Å². The zero-order valence-corrected chi connectivity index (χ0v) is 17.2. The van der Waals surface area contributed by atoms with Gasteiger partial charge in [-0.05, 0) is 12.8 Å². The second kappa shape index (κ2) is 12.4. The van der Waals surface area contributed by atoms with Gasteiger partial charge < -0.3 is 39.0 Å². The Kier molecular flexibility index (Phi) is 15.0. The van der Waals surface area contributed by atoms with Crippen LogP contribution < -0.4 is 20.4 Å². The van der Waals surface area contributed by atoms with Crippen molar-refractivity contribution in [3.8, 4) is 0 Å². The van der Waals surface area contributed by atoms with Crippen molar-refractivity contribution in [2.45, 2.75) is 25.0 Å². The molecule has 8 nitrogen and oxygen atoms in total. The van der Waals surface area contributed by atoms with Gasteiger partial charge in [-0.2, -0.15) is 0 Å². The first-order valence-electron chi connectivity index (χ1n) is 6.94. The molecule has 0 saturated carbocycles. The molecule has 0 aromatic carbocycles. The molecule has 0 aliphatic rings. The molecule has 0 spiro atoms. The average molecular weight is 360 g/mol. The summed E-state index contributed by atoms with van der Waals surface area (Å²) in [4.78, 5) is 20.0. The third-order valence-corrected chi connectivity index (χ3v) is 2.29. The van der Waals surface area contributed by atoms with Crippen molar-refractivity contribution in [1.82, 2.24) is 0 Å². The standard InChI is InChI=1S/2C7H15NO3.Ca/c2*1-8(2,3)5-6(9)4-7(10)11;/h2*6H,4-5H2,1-3H3,(H,10,11);/q;;+2/p-2. The van der Waals surface area contributed by atoms with Gasteiger partial charge in [0.15, 0.2) is 0 Å². The fraction of sp³-hybridized carbons (Fsp3) is 0.857. The molecule has 2 unspecified atom stereocenters. The summed E-state index contributed by atoms with van der Waals surface area (Å²) >= 11 is 0. The smallest absolute Gasteiger partial charge is 0.848 e. The van der Waals surface area contributed by atoms with Crippen LogP contribution in [0.5, 0.6) is 0 Å². The second-order valence-electron chi connectivity index (χ2n) is 7.34. The van der Waals surface area contributed by atoms with Gasteiger partial charge >= 0.3 is 37.7 Å². The van der Waals surface area contributed by atoms with Gasteiger partial charge in [-0.15, -0.1) is 0 Å². The first-order valence-corrected chi connectivity index (χ1v) is 6.94. The minimum Gasteiger partial charge on any atom is -0.848 e. The van der Waals surface area contributed by atoms with E-state index < -0.39 is 37.0 Å². The molecule has 0 amide bonds. The van der Waals surface area contributed by atoms with Crippen molar-refractivity contribution in [3.63, 3.8) is 0 Å². The molecule has 0 saturated heterocycles. The topological polar surface area (TPSA) is 126 Å². The monoisotopic (exact) mass is 360 g/mol. The van der Waals surface area contributed by atoms with Gasteiger partial charge in [-0.1, -0.05) is 12.2 Å². The number of hydrogen-bond acceptors (Lipinski definition) is 6. The molecule has 0 rings (SSSR count). The number of quaternary nitrogens is 2. The predicted molar refractivity (Wildman–Crippen MR) is 78.4 cm³/mol. The number of carboxylic acids is 2. The molecule has 0 fully saturated rings. The third-order valence-electron chi connectivity index (χ3n) is 2.29. The van der Waals surface area contributed by atoms with Crippen molar-refractivity contribution in [3.05, 3.63) is 0 Å². The molecular weight excluding hydrogens is 332 g/mol. The predicted octanol–water partition coefficient (Wildman–Crippen LogP) is -5.26. The summed E-state index contributed by atoms with van der Waals surface area (Å²) in [5.74, 6) is -2.53. The summed E-state index contributed by atoms with van der Waals surface area (Å²) in [6.45, 7) is 0.627. The number of carbonyl (C=O) groups is 2. The van der Waals surface area contributed by atoms with E-state index in [2.05, 4.69) is 0 Å². The van der Waals surface area contributed by atoms with E-state index in [0.717, 1.165) is 0 Å². The first kappa shape index (κ1) is 27.9. The van der Waals surface area contributed by atoms with E-state index in [9.17, 15) is 30.0 Å². The van der Waals surface area contributed by atoms with E-state index >= 15 is 0 Å². The molecule has 9 heteroatoms. The summed E-state index contributed by atoms with van der Waals surface area (Å²) in [5, 5.41) is 41.8. The number of carbonyl (C=O) groups excluding carboxylic acids is 2. The van der Waals surface area contributed by atoms with Crippen LogP contribution in [0.3, 0.4) is 0 Å². The Labute approximate surface area is 168 Å². The van der Waals surface area contributed by atoms with Crippen LogP contribution in [-0.4, -0.2) is 126 Å². The molecule has 2 atom stereocenters. The fourth-order valence-corrected chi connectivity index (χ4v) is 1.72. The second-order valence-corrected chi connectivity index (χ2v) is 7.34. The Morgan fingerprint density at radius 2 is 0.957 bits per heavy atom. The minimum absolute atomic E-state index is 0. The normalized spacial score (nSPS) is 13.9. The van der Waals surface area contributed by atoms with Gasteiger partial charge in [0, 0.05) is 11.9 Å². The maximum Gasteiger partial charge on any atom is 2.00 e. The van der Waals surface area contributed by atoms with Crippen molar-refractivity contribution in [1.29, 1.82) is 0 Å². The maximum absolute atomic E-state index is 10.9.